The van der Waals surface area contributed by atoms with Crippen LogP contribution in [0.3, 0.4) is 0 Å². The lowest BCUT2D eigenvalue weighted by Crippen LogP contribution is -2.54. The highest BCUT2D eigenvalue weighted by atomic mass is 79.9. The Hall–Kier alpha value is -3.33. The maximum atomic E-state index is 13.3. The number of amides is 4. The van der Waals surface area contributed by atoms with Gasteiger partial charge in [-0.1, -0.05) is 35.3 Å². The van der Waals surface area contributed by atoms with Gasteiger partial charge in [0.25, 0.3) is 11.8 Å². The summed E-state index contributed by atoms with van der Waals surface area (Å²) in [4.78, 5) is 39.4. The molecule has 3 aromatic rings. The van der Waals surface area contributed by atoms with Gasteiger partial charge in [-0.05, 0) is 94.5 Å². The lowest BCUT2D eigenvalue weighted by atomic mass is 10.0. The van der Waals surface area contributed by atoms with Crippen LogP contribution in [0.2, 0.25) is 10.0 Å². The van der Waals surface area contributed by atoms with Gasteiger partial charge in [0, 0.05) is 0 Å². The molecule has 1 fully saturated rings. The molecular formula is C27H21BrCl2N2O5. The molecule has 37 heavy (non-hydrogen) atoms. The lowest BCUT2D eigenvalue weighted by Gasteiger charge is -2.27. The second-order valence-corrected chi connectivity index (χ2v) is 10.0. The number of imide groups is 2. The van der Waals surface area contributed by atoms with Crippen LogP contribution in [0.1, 0.15) is 22.3 Å². The zero-order chi connectivity index (χ0) is 26.9. The number of ether oxygens (including phenoxy) is 2. The molecule has 0 saturated carbocycles. The molecule has 1 heterocycles. The molecule has 4 rings (SSSR count). The third kappa shape index (κ3) is 5.82. The predicted molar refractivity (Wildman–Crippen MR) is 146 cm³/mol. The Balaban J connectivity index is 1.65. The number of carbonyl (C=O) groups excluding carboxylic acids is 3. The van der Waals surface area contributed by atoms with E-state index in [4.69, 9.17) is 32.7 Å². The van der Waals surface area contributed by atoms with E-state index in [9.17, 15) is 14.4 Å². The summed E-state index contributed by atoms with van der Waals surface area (Å²) in [5.74, 6) is -0.728. The summed E-state index contributed by atoms with van der Waals surface area (Å²) in [6.07, 6.45) is 1.40. The fourth-order valence-corrected chi connectivity index (χ4v) is 4.78. The van der Waals surface area contributed by atoms with Crippen LogP contribution >= 0.6 is 39.1 Å². The van der Waals surface area contributed by atoms with Gasteiger partial charge in [-0.25, -0.2) is 9.69 Å². The molecule has 0 spiro atoms. The van der Waals surface area contributed by atoms with Crippen molar-refractivity contribution in [3.63, 3.8) is 0 Å². The largest absolute Gasteiger partial charge is 0.493 e. The summed E-state index contributed by atoms with van der Waals surface area (Å²) < 4.78 is 12.0. The number of carbonyl (C=O) groups is 3. The zero-order valence-corrected chi connectivity index (χ0v) is 23.1. The van der Waals surface area contributed by atoms with Crippen molar-refractivity contribution in [3.8, 4) is 11.5 Å². The molecule has 1 saturated heterocycles. The van der Waals surface area contributed by atoms with E-state index in [1.165, 1.54) is 13.2 Å². The molecule has 3 aromatic carbocycles. The molecule has 0 aromatic heterocycles. The first-order valence-corrected chi connectivity index (χ1v) is 12.6. The molecular weight excluding hydrogens is 583 g/mol. The van der Waals surface area contributed by atoms with Crippen LogP contribution in [-0.2, 0) is 16.2 Å². The second-order valence-electron chi connectivity index (χ2n) is 8.38. The van der Waals surface area contributed by atoms with E-state index in [0.29, 0.717) is 37.3 Å². The Kier molecular flexibility index (Phi) is 7.92. The second kappa shape index (κ2) is 11.0. The first-order chi connectivity index (χ1) is 17.6. The summed E-state index contributed by atoms with van der Waals surface area (Å²) in [5.41, 5.74) is 3.22. The van der Waals surface area contributed by atoms with Crippen LogP contribution in [0.4, 0.5) is 10.5 Å². The monoisotopic (exact) mass is 602 g/mol. The molecule has 0 radical (unpaired) electrons. The number of rotatable bonds is 6. The lowest BCUT2D eigenvalue weighted by molar-refractivity contribution is -0.122. The molecule has 7 nitrogen and oxygen atoms in total. The van der Waals surface area contributed by atoms with Crippen molar-refractivity contribution in [1.29, 1.82) is 0 Å². The van der Waals surface area contributed by atoms with Crippen LogP contribution in [0.5, 0.6) is 11.5 Å². The number of halogens is 3. The highest BCUT2D eigenvalue weighted by Gasteiger charge is 2.37. The van der Waals surface area contributed by atoms with E-state index in [0.717, 1.165) is 21.6 Å². The highest BCUT2D eigenvalue weighted by Crippen LogP contribution is 2.38. The molecule has 190 valence electrons. The molecule has 1 aliphatic rings. The van der Waals surface area contributed by atoms with E-state index < -0.39 is 17.8 Å². The summed E-state index contributed by atoms with van der Waals surface area (Å²) in [7, 11) is 1.48. The standard InChI is InChI=1S/C27H21BrCl2N2O5/c1-14-6-15(2)8-18(7-14)32-26(34)19(25(33)31-27(32)35)9-17-10-20(28)24(23(12-17)36-3)37-13-16-4-5-21(29)22(30)11-16/h4-12H,13H2,1-3H3,(H,31,33,35)/b19-9+. The van der Waals surface area contributed by atoms with Crippen LogP contribution < -0.4 is 19.7 Å². The summed E-state index contributed by atoms with van der Waals surface area (Å²) in [6.45, 7) is 3.92. The van der Waals surface area contributed by atoms with Crippen molar-refractivity contribution < 1.29 is 23.9 Å². The Morgan fingerprint density at radius 2 is 1.68 bits per heavy atom. The van der Waals surface area contributed by atoms with Gasteiger partial charge >= 0.3 is 6.03 Å². The van der Waals surface area contributed by atoms with Crippen molar-refractivity contribution >= 4 is 68.7 Å². The van der Waals surface area contributed by atoms with Gasteiger partial charge in [-0.15, -0.1) is 0 Å². The maximum absolute atomic E-state index is 13.3. The first-order valence-electron chi connectivity index (χ1n) is 11.0. The summed E-state index contributed by atoms with van der Waals surface area (Å²) in [6, 6.07) is 13.0. The molecule has 4 amide bonds. The minimum atomic E-state index is -0.804. The molecule has 0 bridgehead atoms. The Morgan fingerprint density at radius 3 is 2.32 bits per heavy atom. The molecule has 1 N–H and O–H groups in total. The summed E-state index contributed by atoms with van der Waals surface area (Å²) in [5, 5.41) is 3.10. The Labute approximate surface area is 232 Å². The van der Waals surface area contributed by atoms with Gasteiger partial charge < -0.3 is 9.47 Å². The number of barbiturate groups is 1. The van der Waals surface area contributed by atoms with Crippen molar-refractivity contribution in [1.82, 2.24) is 5.32 Å². The van der Waals surface area contributed by atoms with E-state index in [1.54, 1.807) is 42.5 Å². The number of methoxy groups -OCH3 is 1. The number of hydrogen-bond acceptors (Lipinski definition) is 5. The number of nitrogens with one attached hydrogen (secondary N) is 1. The predicted octanol–water partition coefficient (Wildman–Crippen LogP) is 6.63. The topological polar surface area (TPSA) is 84.9 Å². The number of nitrogens with zero attached hydrogens (tertiary/aromatic N) is 1. The van der Waals surface area contributed by atoms with E-state index in [2.05, 4.69) is 21.2 Å². The number of benzene rings is 3. The Bertz CT molecular complexity index is 1450. The fourth-order valence-electron chi connectivity index (χ4n) is 3.89. The van der Waals surface area contributed by atoms with E-state index >= 15 is 0 Å². The zero-order valence-electron chi connectivity index (χ0n) is 20.0. The van der Waals surface area contributed by atoms with Crippen LogP contribution in [0, 0.1) is 13.8 Å². The molecule has 1 aliphatic heterocycles. The van der Waals surface area contributed by atoms with Crippen molar-refractivity contribution in [2.24, 2.45) is 0 Å². The van der Waals surface area contributed by atoms with Crippen LogP contribution in [-0.4, -0.2) is 25.0 Å². The minimum absolute atomic E-state index is 0.195. The quantitative estimate of drug-likeness (QED) is 0.253. The van der Waals surface area contributed by atoms with Crippen LogP contribution in [0.25, 0.3) is 6.08 Å². The Morgan fingerprint density at radius 1 is 0.973 bits per heavy atom. The van der Waals surface area contributed by atoms with Gasteiger partial charge in [-0.2, -0.15) is 0 Å². The maximum Gasteiger partial charge on any atom is 0.335 e. The van der Waals surface area contributed by atoms with Crippen molar-refractivity contribution in [2.45, 2.75) is 20.5 Å². The summed E-state index contributed by atoms with van der Waals surface area (Å²) >= 11 is 15.5. The van der Waals surface area contributed by atoms with Crippen LogP contribution in [0.15, 0.2) is 58.6 Å². The average Bonchev–Trinajstić information content (AvgIpc) is 2.82. The van der Waals surface area contributed by atoms with Crippen molar-refractivity contribution in [2.75, 3.05) is 12.0 Å². The number of aryl methyl sites for hydroxylation is 2. The average molecular weight is 604 g/mol. The molecule has 0 aliphatic carbocycles. The van der Waals surface area contributed by atoms with Gasteiger partial charge in [0.15, 0.2) is 11.5 Å². The number of anilines is 1. The van der Waals surface area contributed by atoms with Gasteiger partial charge in [-0.3, -0.25) is 14.9 Å². The first kappa shape index (κ1) is 26.7. The number of hydrogen-bond donors (Lipinski definition) is 1. The number of urea groups is 1. The van der Waals surface area contributed by atoms with Gasteiger partial charge in [0.05, 0.1) is 27.3 Å². The third-order valence-corrected chi connectivity index (χ3v) is 6.82. The highest BCUT2D eigenvalue weighted by molar-refractivity contribution is 9.10. The fraction of sp³-hybridized carbons (Fsp3) is 0.148. The smallest absolute Gasteiger partial charge is 0.335 e. The third-order valence-electron chi connectivity index (χ3n) is 5.50. The SMILES string of the molecule is COc1cc(/C=C2\C(=O)NC(=O)N(c3cc(C)cc(C)c3)C2=O)cc(Br)c1OCc1ccc(Cl)c(Cl)c1. The molecule has 10 heteroatoms. The molecule has 0 atom stereocenters. The van der Waals surface area contributed by atoms with E-state index in [1.807, 2.05) is 19.9 Å². The van der Waals surface area contributed by atoms with E-state index in [-0.39, 0.29) is 12.2 Å². The van der Waals surface area contributed by atoms with Gasteiger partial charge in [0.2, 0.25) is 0 Å². The minimum Gasteiger partial charge on any atom is -0.493 e. The van der Waals surface area contributed by atoms with Crippen molar-refractivity contribution in [3.05, 3.63) is 90.9 Å². The normalized spacial score (nSPS) is 14.7. The van der Waals surface area contributed by atoms with Gasteiger partial charge in [0.1, 0.15) is 12.2 Å². The molecule has 0 unspecified atom stereocenters.